The van der Waals surface area contributed by atoms with Crippen molar-refractivity contribution in [3.63, 3.8) is 0 Å². The minimum atomic E-state index is -0.316. The second-order valence-corrected chi connectivity index (χ2v) is 5.27. The Morgan fingerprint density at radius 2 is 2.00 bits per heavy atom. The number of anilines is 1. The largest absolute Gasteiger partial charge is 0.325 e. The number of hydrogen-bond donors (Lipinski definition) is 2. The second kappa shape index (κ2) is 3.57. The molecular weight excluding hydrogens is 212 g/mol. The van der Waals surface area contributed by atoms with Gasteiger partial charge in [-0.05, 0) is 49.9 Å². The smallest absolute Gasteiger partial charge is 0.236 e. The number of carbonyl (C=O) groups excluding carboxylic acids is 1. The lowest BCUT2D eigenvalue weighted by molar-refractivity contribution is -0.121. The number of fused-ring (bicyclic) bond motifs is 2. The van der Waals surface area contributed by atoms with Gasteiger partial charge in [0.25, 0.3) is 0 Å². The van der Waals surface area contributed by atoms with Gasteiger partial charge >= 0.3 is 0 Å². The fourth-order valence-corrected chi connectivity index (χ4v) is 3.25. The van der Waals surface area contributed by atoms with Crippen molar-refractivity contribution in [3.05, 3.63) is 28.8 Å². The van der Waals surface area contributed by atoms with Crippen LogP contribution in [0.25, 0.3) is 0 Å². The number of nitrogens with one attached hydrogen (secondary N) is 2. The van der Waals surface area contributed by atoms with Crippen molar-refractivity contribution >= 4 is 11.6 Å². The molecule has 0 aliphatic carbocycles. The van der Waals surface area contributed by atoms with E-state index in [1.54, 1.807) is 0 Å². The molecule has 1 unspecified atom stereocenters. The van der Waals surface area contributed by atoms with Crippen LogP contribution < -0.4 is 10.6 Å². The molecule has 1 spiro atoms. The summed E-state index contributed by atoms with van der Waals surface area (Å²) in [5.41, 5.74) is 4.37. The van der Waals surface area contributed by atoms with Crippen LogP contribution in [0.2, 0.25) is 0 Å². The van der Waals surface area contributed by atoms with Gasteiger partial charge in [-0.1, -0.05) is 12.1 Å². The minimum absolute atomic E-state index is 0.178. The molecule has 0 aromatic heterocycles. The predicted octanol–water partition coefficient (Wildman–Crippen LogP) is 1.88. The highest BCUT2D eigenvalue weighted by Crippen LogP contribution is 2.45. The van der Waals surface area contributed by atoms with Gasteiger partial charge in [0, 0.05) is 12.2 Å². The summed E-state index contributed by atoms with van der Waals surface area (Å²) >= 11 is 0. The minimum Gasteiger partial charge on any atom is -0.325 e. The molecule has 0 radical (unpaired) electrons. The number of piperidine rings is 1. The van der Waals surface area contributed by atoms with Crippen molar-refractivity contribution < 1.29 is 4.79 Å². The Bertz CT molecular complexity index is 487. The summed E-state index contributed by atoms with van der Waals surface area (Å²) in [5, 5.41) is 6.46. The summed E-state index contributed by atoms with van der Waals surface area (Å²) in [7, 11) is 0. The molecule has 0 bridgehead atoms. The first-order valence-corrected chi connectivity index (χ1v) is 6.28. The van der Waals surface area contributed by atoms with Gasteiger partial charge < -0.3 is 10.6 Å². The lowest BCUT2D eigenvalue weighted by Crippen LogP contribution is -2.48. The lowest BCUT2D eigenvalue weighted by Gasteiger charge is -2.33. The molecule has 2 N–H and O–H groups in total. The summed E-state index contributed by atoms with van der Waals surface area (Å²) < 4.78 is 0. The topological polar surface area (TPSA) is 41.1 Å². The van der Waals surface area contributed by atoms with E-state index in [4.69, 9.17) is 0 Å². The number of rotatable bonds is 0. The van der Waals surface area contributed by atoms with E-state index in [1.165, 1.54) is 16.7 Å². The van der Waals surface area contributed by atoms with E-state index >= 15 is 0 Å². The highest BCUT2D eigenvalue weighted by Gasteiger charge is 2.48. The molecule has 1 aromatic carbocycles. The highest BCUT2D eigenvalue weighted by atomic mass is 16.2. The van der Waals surface area contributed by atoms with E-state index in [1.807, 2.05) is 0 Å². The Hall–Kier alpha value is -1.35. The van der Waals surface area contributed by atoms with E-state index in [-0.39, 0.29) is 11.3 Å². The van der Waals surface area contributed by atoms with E-state index in [0.717, 1.165) is 31.6 Å². The molecule has 17 heavy (non-hydrogen) atoms. The third-order valence-electron chi connectivity index (χ3n) is 4.16. The average molecular weight is 230 g/mol. The Labute approximate surface area is 102 Å². The number of hydrogen-bond acceptors (Lipinski definition) is 2. The zero-order valence-corrected chi connectivity index (χ0v) is 10.4. The molecule has 1 saturated heterocycles. The van der Waals surface area contributed by atoms with Gasteiger partial charge in [0.15, 0.2) is 0 Å². The maximum Gasteiger partial charge on any atom is 0.236 e. The molecule has 3 nitrogen and oxygen atoms in total. The van der Waals surface area contributed by atoms with Crippen LogP contribution in [-0.2, 0) is 10.2 Å². The highest BCUT2D eigenvalue weighted by molar-refractivity contribution is 6.07. The van der Waals surface area contributed by atoms with Crippen molar-refractivity contribution in [1.82, 2.24) is 5.32 Å². The van der Waals surface area contributed by atoms with Crippen molar-refractivity contribution in [1.29, 1.82) is 0 Å². The van der Waals surface area contributed by atoms with Gasteiger partial charge in [-0.15, -0.1) is 0 Å². The first kappa shape index (κ1) is 10.8. The molecule has 3 rings (SSSR count). The summed E-state index contributed by atoms with van der Waals surface area (Å²) in [5.74, 6) is 0.178. The molecule has 1 fully saturated rings. The molecule has 0 saturated carbocycles. The average Bonchev–Trinajstić information content (AvgIpc) is 2.61. The zero-order chi connectivity index (χ0) is 12.0. The van der Waals surface area contributed by atoms with Crippen LogP contribution in [-0.4, -0.2) is 19.0 Å². The van der Waals surface area contributed by atoms with Gasteiger partial charge in [-0.2, -0.15) is 0 Å². The van der Waals surface area contributed by atoms with Crippen LogP contribution >= 0.6 is 0 Å². The third-order valence-corrected chi connectivity index (χ3v) is 4.16. The molecule has 1 atom stereocenters. The predicted molar refractivity (Wildman–Crippen MR) is 68.3 cm³/mol. The normalized spacial score (nSPS) is 27.1. The number of carbonyl (C=O) groups is 1. The third kappa shape index (κ3) is 1.35. The first-order chi connectivity index (χ1) is 8.15. The van der Waals surface area contributed by atoms with Gasteiger partial charge in [0.2, 0.25) is 5.91 Å². The summed E-state index contributed by atoms with van der Waals surface area (Å²) in [6, 6.07) is 4.22. The Morgan fingerprint density at radius 3 is 2.71 bits per heavy atom. The Kier molecular flexibility index (Phi) is 2.26. The monoisotopic (exact) mass is 230 g/mol. The summed E-state index contributed by atoms with van der Waals surface area (Å²) in [6.45, 7) is 5.97. The van der Waals surface area contributed by atoms with Crippen molar-refractivity contribution in [2.45, 2.75) is 32.1 Å². The van der Waals surface area contributed by atoms with Crippen LogP contribution in [0.4, 0.5) is 5.69 Å². The van der Waals surface area contributed by atoms with Crippen molar-refractivity contribution in [3.8, 4) is 0 Å². The zero-order valence-electron chi connectivity index (χ0n) is 10.4. The van der Waals surface area contributed by atoms with Gasteiger partial charge in [-0.25, -0.2) is 0 Å². The van der Waals surface area contributed by atoms with Gasteiger partial charge in [0.1, 0.15) is 0 Å². The van der Waals surface area contributed by atoms with Gasteiger partial charge in [-0.3, -0.25) is 4.79 Å². The van der Waals surface area contributed by atoms with Crippen LogP contribution in [0, 0.1) is 13.8 Å². The quantitative estimate of drug-likeness (QED) is 0.714. The maximum absolute atomic E-state index is 12.4. The molecule has 90 valence electrons. The standard InChI is InChI=1S/C14H18N2O/c1-9-4-5-10(2)12-11(9)14(13(17)16-12)6-3-7-15-8-14/h4-5,15H,3,6-8H2,1-2H3,(H,16,17). The molecule has 2 aliphatic heterocycles. The maximum atomic E-state index is 12.4. The van der Waals surface area contributed by atoms with Gasteiger partial charge in [0.05, 0.1) is 5.41 Å². The van der Waals surface area contributed by atoms with E-state index in [9.17, 15) is 4.79 Å². The molecule has 1 amide bonds. The lowest BCUT2D eigenvalue weighted by atomic mass is 9.74. The molecule has 2 heterocycles. The second-order valence-electron chi connectivity index (χ2n) is 5.27. The SMILES string of the molecule is Cc1ccc(C)c2c1NC(=O)C21CCCNC1. The van der Waals surface area contributed by atoms with Crippen LogP contribution in [0.5, 0.6) is 0 Å². The molecular formula is C14H18N2O. The van der Waals surface area contributed by atoms with Crippen LogP contribution in [0.15, 0.2) is 12.1 Å². The number of amides is 1. The first-order valence-electron chi connectivity index (χ1n) is 6.28. The fraction of sp³-hybridized carbons (Fsp3) is 0.500. The number of aryl methyl sites for hydroxylation is 2. The molecule has 1 aromatic rings. The number of benzene rings is 1. The van der Waals surface area contributed by atoms with Crippen LogP contribution in [0.3, 0.4) is 0 Å². The van der Waals surface area contributed by atoms with Crippen molar-refractivity contribution in [2.24, 2.45) is 0 Å². The van der Waals surface area contributed by atoms with E-state index in [2.05, 4.69) is 36.6 Å². The van der Waals surface area contributed by atoms with E-state index in [0.29, 0.717) is 0 Å². The fourth-order valence-electron chi connectivity index (χ4n) is 3.25. The van der Waals surface area contributed by atoms with E-state index < -0.39 is 0 Å². The van der Waals surface area contributed by atoms with Crippen molar-refractivity contribution in [2.75, 3.05) is 18.4 Å². The summed E-state index contributed by atoms with van der Waals surface area (Å²) in [4.78, 5) is 12.4. The molecule has 3 heteroatoms. The summed E-state index contributed by atoms with van der Waals surface area (Å²) in [6.07, 6.45) is 2.03. The molecule has 2 aliphatic rings. The van der Waals surface area contributed by atoms with Crippen LogP contribution in [0.1, 0.15) is 29.5 Å². The Balaban J connectivity index is 2.21. The Morgan fingerprint density at radius 1 is 1.24 bits per heavy atom.